The largest absolute Gasteiger partial charge is 0.482 e. The first-order valence-electron chi connectivity index (χ1n) is 5.90. The smallest absolute Gasteiger partial charge is 0.455 e. The highest BCUT2D eigenvalue weighted by atomic mass is 35.5. The monoisotopic (exact) mass is 335 g/mol. The van der Waals surface area contributed by atoms with Crippen molar-refractivity contribution in [1.82, 2.24) is 15.5 Å². The number of benzene rings is 1. The van der Waals surface area contributed by atoms with Crippen LogP contribution in [0.15, 0.2) is 28.8 Å². The number of ether oxygens (including phenoxy) is 1. The van der Waals surface area contributed by atoms with Gasteiger partial charge < -0.3 is 14.6 Å². The maximum Gasteiger partial charge on any atom is 0.455 e. The van der Waals surface area contributed by atoms with E-state index in [2.05, 4.69) is 20.0 Å². The van der Waals surface area contributed by atoms with Gasteiger partial charge in [0.25, 0.3) is 11.7 Å². The van der Waals surface area contributed by atoms with E-state index in [-0.39, 0.29) is 19.0 Å². The summed E-state index contributed by atoms with van der Waals surface area (Å²) in [6.07, 6.45) is -4.70. The number of amides is 1. The maximum absolute atomic E-state index is 12.2. The summed E-state index contributed by atoms with van der Waals surface area (Å²) in [5, 5.41) is 5.38. The lowest BCUT2D eigenvalue weighted by Gasteiger charge is -2.07. The first-order valence-corrected chi connectivity index (χ1v) is 6.28. The lowest BCUT2D eigenvalue weighted by molar-refractivity contribution is -0.146. The van der Waals surface area contributed by atoms with Gasteiger partial charge in [-0.05, 0) is 12.1 Å². The van der Waals surface area contributed by atoms with Gasteiger partial charge in [-0.1, -0.05) is 28.9 Å². The van der Waals surface area contributed by atoms with Crippen LogP contribution in [-0.2, 0) is 17.5 Å². The van der Waals surface area contributed by atoms with E-state index in [1.54, 1.807) is 24.3 Å². The highest BCUT2D eigenvalue weighted by Gasteiger charge is 2.37. The lowest BCUT2D eigenvalue weighted by atomic mass is 10.3. The highest BCUT2D eigenvalue weighted by molar-refractivity contribution is 6.32. The van der Waals surface area contributed by atoms with Crippen LogP contribution in [0.5, 0.6) is 5.75 Å². The lowest BCUT2D eigenvalue weighted by Crippen LogP contribution is -2.28. The second-order valence-corrected chi connectivity index (χ2v) is 4.41. The Bertz CT molecular complexity index is 660. The maximum atomic E-state index is 12.2. The van der Waals surface area contributed by atoms with Crippen LogP contribution in [0.4, 0.5) is 13.2 Å². The molecule has 0 atom stereocenters. The molecule has 0 aliphatic carbocycles. The summed E-state index contributed by atoms with van der Waals surface area (Å²) in [4.78, 5) is 14.6. The molecule has 0 unspecified atom stereocenters. The van der Waals surface area contributed by atoms with Crippen molar-refractivity contribution in [3.05, 3.63) is 41.0 Å². The van der Waals surface area contributed by atoms with Crippen LogP contribution in [0.3, 0.4) is 0 Å². The van der Waals surface area contributed by atoms with E-state index in [9.17, 15) is 18.0 Å². The number of rotatable bonds is 5. The zero-order valence-electron chi connectivity index (χ0n) is 10.9. The van der Waals surface area contributed by atoms with Gasteiger partial charge in [0.2, 0.25) is 5.89 Å². The van der Waals surface area contributed by atoms with Gasteiger partial charge in [-0.25, -0.2) is 0 Å². The van der Waals surface area contributed by atoms with E-state index in [0.29, 0.717) is 10.8 Å². The molecular weight excluding hydrogens is 327 g/mol. The molecule has 1 amide bonds. The Kier molecular flexibility index (Phi) is 4.86. The minimum atomic E-state index is -4.70. The van der Waals surface area contributed by atoms with Crippen molar-refractivity contribution >= 4 is 17.5 Å². The number of hydrogen-bond donors (Lipinski definition) is 1. The van der Waals surface area contributed by atoms with Gasteiger partial charge in [-0.2, -0.15) is 18.2 Å². The molecular formula is C12H9ClF3N3O3. The van der Waals surface area contributed by atoms with Crippen molar-refractivity contribution in [2.24, 2.45) is 0 Å². The standard InChI is InChI=1S/C12H9ClF3N3O3/c13-7-3-1-2-4-8(7)21-6-9(20)17-5-10-18-11(19-22-10)12(14,15)16/h1-4H,5-6H2,(H,17,20). The molecule has 1 aromatic carbocycles. The Hall–Kier alpha value is -2.29. The molecule has 0 bridgehead atoms. The van der Waals surface area contributed by atoms with Gasteiger partial charge >= 0.3 is 6.18 Å². The van der Waals surface area contributed by atoms with Crippen molar-refractivity contribution in [3.8, 4) is 5.75 Å². The topological polar surface area (TPSA) is 77.2 Å². The molecule has 118 valence electrons. The van der Waals surface area contributed by atoms with E-state index < -0.39 is 17.9 Å². The Morgan fingerprint density at radius 1 is 1.36 bits per heavy atom. The minimum Gasteiger partial charge on any atom is -0.482 e. The van der Waals surface area contributed by atoms with Crippen molar-refractivity contribution in [3.63, 3.8) is 0 Å². The summed E-state index contributed by atoms with van der Waals surface area (Å²) >= 11 is 5.83. The van der Waals surface area contributed by atoms with Gasteiger partial charge in [0.15, 0.2) is 6.61 Å². The molecule has 22 heavy (non-hydrogen) atoms. The number of para-hydroxylation sites is 1. The fraction of sp³-hybridized carbons (Fsp3) is 0.250. The molecule has 0 radical (unpaired) electrons. The number of halogens is 4. The van der Waals surface area contributed by atoms with Gasteiger partial charge in [0, 0.05) is 0 Å². The third-order valence-electron chi connectivity index (χ3n) is 2.35. The number of hydrogen-bond acceptors (Lipinski definition) is 5. The van der Waals surface area contributed by atoms with E-state index in [0.717, 1.165) is 0 Å². The molecule has 0 saturated heterocycles. The van der Waals surface area contributed by atoms with E-state index in [1.165, 1.54) is 0 Å². The SMILES string of the molecule is O=C(COc1ccccc1Cl)NCc1nc(C(F)(F)F)no1. The molecule has 1 aromatic heterocycles. The van der Waals surface area contributed by atoms with Crippen LogP contribution in [0.1, 0.15) is 11.7 Å². The van der Waals surface area contributed by atoms with E-state index in [1.807, 2.05) is 0 Å². The fourth-order valence-corrected chi connectivity index (χ4v) is 1.56. The number of carbonyl (C=O) groups is 1. The third kappa shape index (κ3) is 4.35. The molecule has 6 nitrogen and oxygen atoms in total. The molecule has 0 fully saturated rings. The summed E-state index contributed by atoms with van der Waals surface area (Å²) < 4.78 is 46.2. The van der Waals surface area contributed by atoms with Gasteiger partial charge in [-0.15, -0.1) is 0 Å². The molecule has 10 heteroatoms. The normalized spacial score (nSPS) is 11.3. The van der Waals surface area contributed by atoms with Gasteiger partial charge in [0.05, 0.1) is 11.6 Å². The first kappa shape index (κ1) is 16.1. The van der Waals surface area contributed by atoms with Crippen LogP contribution in [0.2, 0.25) is 5.02 Å². The molecule has 1 N–H and O–H groups in total. The molecule has 1 heterocycles. The van der Waals surface area contributed by atoms with Gasteiger partial charge in [0.1, 0.15) is 5.75 Å². The Balaban J connectivity index is 1.81. The fourth-order valence-electron chi connectivity index (χ4n) is 1.37. The van der Waals surface area contributed by atoms with Crippen molar-refractivity contribution < 1.29 is 27.2 Å². The number of aromatic nitrogens is 2. The summed E-state index contributed by atoms with van der Waals surface area (Å²) in [6, 6.07) is 6.54. The second kappa shape index (κ2) is 6.65. The van der Waals surface area contributed by atoms with Crippen LogP contribution in [0, 0.1) is 0 Å². The van der Waals surface area contributed by atoms with Crippen LogP contribution in [-0.4, -0.2) is 22.7 Å². The molecule has 0 aliphatic rings. The Morgan fingerprint density at radius 3 is 2.73 bits per heavy atom. The van der Waals surface area contributed by atoms with Crippen molar-refractivity contribution in [2.45, 2.75) is 12.7 Å². The van der Waals surface area contributed by atoms with Crippen molar-refractivity contribution in [1.29, 1.82) is 0 Å². The number of nitrogens with one attached hydrogen (secondary N) is 1. The number of alkyl halides is 3. The van der Waals surface area contributed by atoms with Crippen LogP contribution in [0.25, 0.3) is 0 Å². The summed E-state index contributed by atoms with van der Waals surface area (Å²) in [6.45, 7) is -0.697. The minimum absolute atomic E-state index is 0.316. The summed E-state index contributed by atoms with van der Waals surface area (Å²) in [5.74, 6) is -2.02. The highest BCUT2D eigenvalue weighted by Crippen LogP contribution is 2.26. The van der Waals surface area contributed by atoms with E-state index >= 15 is 0 Å². The predicted octanol–water partition coefficient (Wildman–Crippen LogP) is 2.44. The second-order valence-electron chi connectivity index (χ2n) is 4.01. The number of nitrogens with zero attached hydrogens (tertiary/aromatic N) is 2. The molecule has 2 aromatic rings. The zero-order chi connectivity index (χ0) is 16.2. The average Bonchev–Trinajstić information content (AvgIpc) is 2.93. The summed E-state index contributed by atoms with van der Waals surface area (Å²) in [7, 11) is 0. The Morgan fingerprint density at radius 2 is 2.09 bits per heavy atom. The third-order valence-corrected chi connectivity index (χ3v) is 2.67. The molecule has 0 saturated carbocycles. The Labute approximate surface area is 127 Å². The molecule has 0 aliphatic heterocycles. The van der Waals surface area contributed by atoms with Crippen molar-refractivity contribution in [2.75, 3.05) is 6.61 Å². The van der Waals surface area contributed by atoms with Crippen LogP contribution >= 0.6 is 11.6 Å². The first-order chi connectivity index (χ1) is 10.4. The average molecular weight is 336 g/mol. The van der Waals surface area contributed by atoms with E-state index in [4.69, 9.17) is 16.3 Å². The zero-order valence-corrected chi connectivity index (χ0v) is 11.6. The summed E-state index contributed by atoms with van der Waals surface area (Å²) in [5.41, 5.74) is 0. The predicted molar refractivity (Wildman–Crippen MR) is 68.1 cm³/mol. The quantitative estimate of drug-likeness (QED) is 0.908. The molecule has 0 spiro atoms. The van der Waals surface area contributed by atoms with Crippen LogP contribution < -0.4 is 10.1 Å². The van der Waals surface area contributed by atoms with Gasteiger partial charge in [-0.3, -0.25) is 4.79 Å². The number of carbonyl (C=O) groups excluding carboxylic acids is 1. The molecule has 2 rings (SSSR count).